The third-order valence-electron chi connectivity index (χ3n) is 10.2. The van der Waals surface area contributed by atoms with Gasteiger partial charge in [-0.05, 0) is 56.9 Å². The van der Waals surface area contributed by atoms with Gasteiger partial charge in [0.05, 0.1) is 0 Å². The van der Waals surface area contributed by atoms with Crippen molar-refractivity contribution in [3.05, 3.63) is 164 Å². The Labute approximate surface area is 307 Å². The zero-order valence-corrected chi connectivity index (χ0v) is 29.4. The monoisotopic (exact) mass is 697 g/mol. The second kappa shape index (κ2) is 11.6. The van der Waals surface area contributed by atoms with Gasteiger partial charge in [0, 0.05) is 57.0 Å². The van der Waals surface area contributed by atoms with Crippen LogP contribution in [-0.4, -0.2) is 15.0 Å². The molecule has 11 rings (SSSR count). The molecule has 0 fully saturated rings. The normalized spacial score (nSPS) is 11.8. The fourth-order valence-electron chi connectivity index (χ4n) is 7.77. The van der Waals surface area contributed by atoms with E-state index in [0.29, 0.717) is 17.5 Å². The number of hydrogen-bond acceptors (Lipinski definition) is 5. The smallest absolute Gasteiger partial charge is 0.165 e. The minimum atomic E-state index is 0.663. The first-order valence-corrected chi connectivity index (χ1v) is 19.0. The van der Waals surface area contributed by atoms with Gasteiger partial charge in [0.25, 0.3) is 0 Å². The average Bonchev–Trinajstić information content (AvgIpc) is 3.79. The lowest BCUT2D eigenvalue weighted by Gasteiger charge is -2.16. The molecule has 242 valence electrons. The first kappa shape index (κ1) is 29.5. The van der Waals surface area contributed by atoms with E-state index in [1.807, 2.05) is 0 Å². The second-order valence-corrected chi connectivity index (χ2v) is 15.2. The van der Waals surface area contributed by atoms with Crippen molar-refractivity contribution >= 4 is 84.6 Å². The lowest BCUT2D eigenvalue weighted by atomic mass is 9.90. The van der Waals surface area contributed by atoms with E-state index < -0.39 is 0 Å². The van der Waals surface area contributed by atoms with Crippen LogP contribution in [0, 0.1) is 0 Å². The van der Waals surface area contributed by atoms with E-state index in [1.165, 1.54) is 51.1 Å². The SMILES string of the molecule is c1ccc2c(-c3ccc4ccccc4c3-c3nc(-c4cccc5c4sc4ccccc45)nc(-c4cccc5c4sc4ccccc45)n3)cccc2c1. The molecule has 0 aliphatic heterocycles. The number of thiophene rings is 2. The minimum Gasteiger partial charge on any atom is -0.208 e. The van der Waals surface area contributed by atoms with Crippen molar-refractivity contribution in [2.24, 2.45) is 0 Å². The molecule has 11 aromatic rings. The van der Waals surface area contributed by atoms with Gasteiger partial charge in [0.15, 0.2) is 17.5 Å². The molecule has 0 saturated heterocycles. The molecule has 0 amide bonds. The molecule has 0 unspecified atom stereocenters. The molecule has 3 aromatic heterocycles. The van der Waals surface area contributed by atoms with Crippen molar-refractivity contribution in [1.29, 1.82) is 0 Å². The van der Waals surface area contributed by atoms with Gasteiger partial charge in [0.1, 0.15) is 0 Å². The van der Waals surface area contributed by atoms with E-state index >= 15 is 0 Å². The van der Waals surface area contributed by atoms with Gasteiger partial charge in [-0.25, -0.2) is 15.0 Å². The Hall–Kier alpha value is -6.27. The van der Waals surface area contributed by atoms with Gasteiger partial charge in [-0.3, -0.25) is 0 Å². The summed E-state index contributed by atoms with van der Waals surface area (Å²) in [6.07, 6.45) is 0. The predicted molar refractivity (Wildman–Crippen MR) is 222 cm³/mol. The topological polar surface area (TPSA) is 38.7 Å². The Morgan fingerprint density at radius 2 is 0.731 bits per heavy atom. The summed E-state index contributed by atoms with van der Waals surface area (Å²) < 4.78 is 4.86. The molecule has 0 saturated carbocycles. The van der Waals surface area contributed by atoms with E-state index in [4.69, 9.17) is 15.0 Å². The standard InChI is InChI=1S/C47H27N3S2/c1-3-15-30-28(12-1)14-9-19-32(30)35-27-26-29-13-2-4-16-31(29)42(35)47-49-45(38-22-10-20-36-33-17-5-7-24-40(33)51-43(36)38)48-46(50-47)39-23-11-21-37-34-18-6-8-25-41(34)52-44(37)39/h1-27H. The van der Waals surface area contributed by atoms with Crippen LogP contribution in [0.5, 0.6) is 0 Å². The summed E-state index contributed by atoms with van der Waals surface area (Å²) in [5, 5.41) is 9.58. The predicted octanol–water partition coefficient (Wildman–Crippen LogP) is 13.6. The summed E-state index contributed by atoms with van der Waals surface area (Å²) in [7, 11) is 0. The molecule has 5 heteroatoms. The Morgan fingerprint density at radius 1 is 0.288 bits per heavy atom. The summed E-state index contributed by atoms with van der Waals surface area (Å²) in [6.45, 7) is 0. The highest BCUT2D eigenvalue weighted by atomic mass is 32.1. The van der Waals surface area contributed by atoms with Crippen LogP contribution in [0.2, 0.25) is 0 Å². The summed E-state index contributed by atoms with van der Waals surface area (Å²) >= 11 is 3.60. The average molecular weight is 698 g/mol. The lowest BCUT2D eigenvalue weighted by Crippen LogP contribution is -2.02. The molecule has 0 aliphatic carbocycles. The van der Waals surface area contributed by atoms with Crippen molar-refractivity contribution in [3.63, 3.8) is 0 Å². The minimum absolute atomic E-state index is 0.663. The van der Waals surface area contributed by atoms with E-state index in [1.54, 1.807) is 22.7 Å². The molecular formula is C47H27N3S2. The van der Waals surface area contributed by atoms with Crippen LogP contribution in [0.25, 0.3) is 107 Å². The van der Waals surface area contributed by atoms with Crippen molar-refractivity contribution < 1.29 is 0 Å². The third kappa shape index (κ3) is 4.53. The highest BCUT2D eigenvalue weighted by Crippen LogP contribution is 2.44. The maximum atomic E-state index is 5.45. The van der Waals surface area contributed by atoms with Crippen LogP contribution in [-0.2, 0) is 0 Å². The highest BCUT2D eigenvalue weighted by Gasteiger charge is 2.22. The van der Waals surface area contributed by atoms with Crippen molar-refractivity contribution in [2.75, 3.05) is 0 Å². The van der Waals surface area contributed by atoms with Crippen LogP contribution < -0.4 is 0 Å². The Kier molecular flexibility index (Phi) is 6.59. The molecule has 3 heterocycles. The zero-order valence-electron chi connectivity index (χ0n) is 27.7. The lowest BCUT2D eigenvalue weighted by molar-refractivity contribution is 1.08. The summed E-state index contributed by atoms with van der Waals surface area (Å²) in [6, 6.07) is 58.4. The second-order valence-electron chi connectivity index (χ2n) is 13.1. The number of fused-ring (bicyclic) bond motifs is 8. The molecule has 3 nitrogen and oxygen atoms in total. The molecule has 0 spiro atoms. The van der Waals surface area contributed by atoms with Crippen LogP contribution in [0.1, 0.15) is 0 Å². The number of benzene rings is 8. The van der Waals surface area contributed by atoms with Crippen molar-refractivity contribution in [2.45, 2.75) is 0 Å². The highest BCUT2D eigenvalue weighted by molar-refractivity contribution is 7.26. The molecule has 0 aliphatic rings. The van der Waals surface area contributed by atoms with Crippen LogP contribution in [0.3, 0.4) is 0 Å². The van der Waals surface area contributed by atoms with Crippen molar-refractivity contribution in [3.8, 4) is 45.3 Å². The summed E-state index contributed by atoms with van der Waals surface area (Å²) in [5.41, 5.74) is 5.28. The van der Waals surface area contributed by atoms with E-state index in [-0.39, 0.29) is 0 Å². The third-order valence-corrected chi connectivity index (χ3v) is 12.6. The van der Waals surface area contributed by atoms with Gasteiger partial charge in [-0.2, -0.15) is 0 Å². The van der Waals surface area contributed by atoms with Gasteiger partial charge < -0.3 is 0 Å². The van der Waals surface area contributed by atoms with E-state index in [9.17, 15) is 0 Å². The van der Waals surface area contributed by atoms with Crippen LogP contribution in [0.4, 0.5) is 0 Å². The number of hydrogen-bond donors (Lipinski definition) is 0. The summed E-state index contributed by atoms with van der Waals surface area (Å²) in [5.74, 6) is 2.01. The maximum absolute atomic E-state index is 5.45. The Bertz CT molecular complexity index is 3070. The number of rotatable bonds is 4. The zero-order chi connectivity index (χ0) is 34.2. The summed E-state index contributed by atoms with van der Waals surface area (Å²) in [4.78, 5) is 16.3. The van der Waals surface area contributed by atoms with Gasteiger partial charge in [-0.15, -0.1) is 22.7 Å². The largest absolute Gasteiger partial charge is 0.208 e. The van der Waals surface area contributed by atoms with Gasteiger partial charge in [0.2, 0.25) is 0 Å². The van der Waals surface area contributed by atoms with Gasteiger partial charge >= 0.3 is 0 Å². The van der Waals surface area contributed by atoms with E-state index in [0.717, 1.165) is 38.6 Å². The first-order chi connectivity index (χ1) is 25.8. The molecule has 0 radical (unpaired) electrons. The van der Waals surface area contributed by atoms with E-state index in [2.05, 4.69) is 164 Å². The molecule has 52 heavy (non-hydrogen) atoms. The first-order valence-electron chi connectivity index (χ1n) is 17.4. The molecular weight excluding hydrogens is 671 g/mol. The molecule has 0 N–H and O–H groups in total. The number of nitrogens with zero attached hydrogens (tertiary/aromatic N) is 3. The van der Waals surface area contributed by atoms with Crippen molar-refractivity contribution in [1.82, 2.24) is 15.0 Å². The number of aromatic nitrogens is 3. The quantitative estimate of drug-likeness (QED) is 0.184. The Morgan fingerprint density at radius 3 is 1.37 bits per heavy atom. The van der Waals surface area contributed by atoms with Crippen LogP contribution in [0.15, 0.2) is 164 Å². The molecule has 0 atom stereocenters. The molecule has 0 bridgehead atoms. The van der Waals surface area contributed by atoms with Crippen LogP contribution >= 0.6 is 22.7 Å². The molecule has 8 aromatic carbocycles. The maximum Gasteiger partial charge on any atom is 0.165 e. The fraction of sp³-hybridized carbons (Fsp3) is 0. The fourth-order valence-corrected chi connectivity index (χ4v) is 10.2. The Balaban J connectivity index is 1.26. The van der Waals surface area contributed by atoms with Gasteiger partial charge in [-0.1, -0.05) is 140 Å².